The molecular weight excluding hydrogens is 262 g/mol. The third-order valence-corrected chi connectivity index (χ3v) is 4.00. The lowest BCUT2D eigenvalue weighted by Gasteiger charge is -2.32. The van der Waals surface area contributed by atoms with Crippen LogP contribution >= 0.6 is 0 Å². The number of hydrogen-bond acceptors (Lipinski definition) is 3. The predicted octanol–water partition coefficient (Wildman–Crippen LogP) is 2.50. The van der Waals surface area contributed by atoms with E-state index < -0.39 is 0 Å². The molecule has 1 amide bonds. The van der Waals surface area contributed by atoms with Crippen molar-refractivity contribution in [2.75, 3.05) is 6.54 Å². The number of carbonyl (C=O) groups excluding carboxylic acids is 1. The van der Waals surface area contributed by atoms with Gasteiger partial charge in [-0.05, 0) is 25.0 Å². The molecule has 0 saturated heterocycles. The van der Waals surface area contributed by atoms with E-state index >= 15 is 0 Å². The lowest BCUT2D eigenvalue weighted by molar-refractivity contribution is -0.116. The summed E-state index contributed by atoms with van der Waals surface area (Å²) in [5.74, 6) is 0.889. The van der Waals surface area contributed by atoms with Crippen molar-refractivity contribution in [3.63, 3.8) is 0 Å². The molecule has 1 unspecified atom stereocenters. The number of benzene rings is 1. The lowest BCUT2D eigenvalue weighted by Crippen LogP contribution is -2.36. The van der Waals surface area contributed by atoms with Crippen LogP contribution < -0.4 is 5.32 Å². The van der Waals surface area contributed by atoms with Crippen molar-refractivity contribution in [3.05, 3.63) is 66.3 Å². The zero-order valence-corrected chi connectivity index (χ0v) is 12.1. The quantitative estimate of drug-likeness (QED) is 0.865. The summed E-state index contributed by atoms with van der Waals surface area (Å²) < 4.78 is 0. The first-order valence-electron chi connectivity index (χ1n) is 7.11. The molecule has 2 heterocycles. The van der Waals surface area contributed by atoms with Crippen molar-refractivity contribution >= 4 is 12.1 Å². The number of nitrogens with one attached hydrogen (secondary N) is 1. The molecule has 1 N–H and O–H groups in total. The molecule has 108 valence electrons. The fourth-order valence-electron chi connectivity index (χ4n) is 2.92. The van der Waals surface area contributed by atoms with Crippen molar-refractivity contribution < 1.29 is 4.79 Å². The monoisotopic (exact) mass is 281 g/mol. The number of amides is 1. The highest BCUT2D eigenvalue weighted by molar-refractivity contribution is 5.70. The first-order valence-corrected chi connectivity index (χ1v) is 7.11. The molecule has 1 aromatic rings. The van der Waals surface area contributed by atoms with Crippen LogP contribution in [0.1, 0.15) is 18.9 Å². The molecule has 0 bridgehead atoms. The number of carbonyl (C=O) groups is 1. The molecule has 0 aromatic heterocycles. The molecular formula is C17H19N3O. The van der Waals surface area contributed by atoms with Gasteiger partial charge in [-0.25, -0.2) is 0 Å². The minimum absolute atomic E-state index is 0.238. The van der Waals surface area contributed by atoms with Gasteiger partial charge >= 0.3 is 0 Å². The lowest BCUT2D eigenvalue weighted by atomic mass is 10.1. The third-order valence-electron chi connectivity index (χ3n) is 4.00. The normalized spacial score (nSPS) is 21.8. The van der Waals surface area contributed by atoms with Gasteiger partial charge in [0, 0.05) is 18.4 Å². The van der Waals surface area contributed by atoms with Gasteiger partial charge in [-0.2, -0.15) is 0 Å². The van der Waals surface area contributed by atoms with E-state index in [-0.39, 0.29) is 6.04 Å². The second-order valence-corrected chi connectivity index (χ2v) is 5.31. The largest absolute Gasteiger partial charge is 0.340 e. The van der Waals surface area contributed by atoms with E-state index in [0.29, 0.717) is 0 Å². The maximum Gasteiger partial charge on any atom is 0.213 e. The Morgan fingerprint density at radius 2 is 2.10 bits per heavy atom. The molecule has 4 heteroatoms. The molecule has 0 fully saturated rings. The minimum Gasteiger partial charge on any atom is -0.340 e. The van der Waals surface area contributed by atoms with Gasteiger partial charge in [-0.15, -0.1) is 0 Å². The van der Waals surface area contributed by atoms with E-state index in [4.69, 9.17) is 0 Å². The van der Waals surface area contributed by atoms with Crippen LogP contribution in [-0.2, 0) is 4.79 Å². The van der Waals surface area contributed by atoms with E-state index in [9.17, 15) is 4.79 Å². The summed E-state index contributed by atoms with van der Waals surface area (Å²) in [7, 11) is 0. The summed E-state index contributed by atoms with van der Waals surface area (Å²) in [4.78, 5) is 14.7. The van der Waals surface area contributed by atoms with E-state index in [1.807, 2.05) is 24.4 Å². The molecule has 0 radical (unpaired) electrons. The van der Waals surface area contributed by atoms with Gasteiger partial charge in [0.25, 0.3) is 0 Å². The summed E-state index contributed by atoms with van der Waals surface area (Å²) in [5, 5.41) is 3.39. The molecule has 1 aromatic carbocycles. The van der Waals surface area contributed by atoms with E-state index in [1.54, 1.807) is 4.90 Å². The van der Waals surface area contributed by atoms with Gasteiger partial charge < -0.3 is 15.1 Å². The van der Waals surface area contributed by atoms with Crippen LogP contribution in [0.25, 0.3) is 5.70 Å². The summed E-state index contributed by atoms with van der Waals surface area (Å²) in [6.45, 7) is 6.98. The van der Waals surface area contributed by atoms with E-state index in [0.717, 1.165) is 36.5 Å². The fraction of sp³-hybridized carbons (Fsp3) is 0.235. The van der Waals surface area contributed by atoms with Crippen molar-refractivity contribution in [2.24, 2.45) is 0 Å². The van der Waals surface area contributed by atoms with Crippen LogP contribution in [0, 0.1) is 0 Å². The zero-order valence-electron chi connectivity index (χ0n) is 12.1. The van der Waals surface area contributed by atoms with Crippen LogP contribution in [0.5, 0.6) is 0 Å². The molecule has 0 aliphatic carbocycles. The number of rotatable bonds is 3. The van der Waals surface area contributed by atoms with E-state index in [1.165, 1.54) is 5.70 Å². The van der Waals surface area contributed by atoms with Crippen molar-refractivity contribution in [3.8, 4) is 0 Å². The molecule has 2 aliphatic rings. The standard InChI is InChI=1S/C17H19N3O/c1-13-17(15-6-4-3-5-7-15)18-14(2)20(13)16-8-10-19(12-21)11-9-16/h3-8,10,12,16,18H,2,9,11H2,1H3. The molecule has 1 atom stereocenters. The van der Waals surface area contributed by atoms with Crippen LogP contribution in [0.15, 0.2) is 60.7 Å². The van der Waals surface area contributed by atoms with Crippen LogP contribution in [0.3, 0.4) is 0 Å². The Bertz CT molecular complexity index is 618. The summed E-state index contributed by atoms with van der Waals surface area (Å²) in [5.41, 5.74) is 3.43. The van der Waals surface area contributed by atoms with Crippen LogP contribution in [0.4, 0.5) is 0 Å². The highest BCUT2D eigenvalue weighted by Crippen LogP contribution is 2.32. The number of allylic oxidation sites excluding steroid dienone is 1. The average molecular weight is 281 g/mol. The van der Waals surface area contributed by atoms with Gasteiger partial charge in [0.1, 0.15) is 5.82 Å². The van der Waals surface area contributed by atoms with Gasteiger partial charge in [0.2, 0.25) is 6.41 Å². The summed E-state index contributed by atoms with van der Waals surface area (Å²) in [6.07, 6.45) is 5.67. The highest BCUT2D eigenvalue weighted by Gasteiger charge is 2.29. The Morgan fingerprint density at radius 1 is 1.33 bits per heavy atom. The fourth-order valence-corrected chi connectivity index (χ4v) is 2.92. The Labute approximate surface area is 125 Å². The molecule has 4 nitrogen and oxygen atoms in total. The smallest absolute Gasteiger partial charge is 0.213 e. The van der Waals surface area contributed by atoms with Gasteiger partial charge in [-0.3, -0.25) is 4.79 Å². The molecule has 0 saturated carbocycles. The molecule has 21 heavy (non-hydrogen) atoms. The Morgan fingerprint density at radius 3 is 2.71 bits per heavy atom. The summed E-state index contributed by atoms with van der Waals surface area (Å²) >= 11 is 0. The Kier molecular flexibility index (Phi) is 3.52. The Balaban J connectivity index is 1.88. The number of hydrogen-bond donors (Lipinski definition) is 1. The maximum atomic E-state index is 10.8. The topological polar surface area (TPSA) is 35.6 Å². The average Bonchev–Trinajstić information content (AvgIpc) is 2.83. The third kappa shape index (κ3) is 2.44. The second kappa shape index (κ2) is 5.48. The van der Waals surface area contributed by atoms with Gasteiger partial charge in [0.15, 0.2) is 0 Å². The van der Waals surface area contributed by atoms with Crippen LogP contribution in [-0.4, -0.2) is 28.8 Å². The van der Waals surface area contributed by atoms with Crippen molar-refractivity contribution in [1.82, 2.24) is 15.1 Å². The van der Waals surface area contributed by atoms with Gasteiger partial charge in [0.05, 0.1) is 11.7 Å². The molecule has 2 aliphatic heterocycles. The zero-order chi connectivity index (χ0) is 14.8. The van der Waals surface area contributed by atoms with Crippen LogP contribution in [0.2, 0.25) is 0 Å². The predicted molar refractivity (Wildman–Crippen MR) is 83.5 cm³/mol. The van der Waals surface area contributed by atoms with E-state index in [2.05, 4.69) is 41.9 Å². The molecule has 3 rings (SSSR count). The maximum absolute atomic E-state index is 10.8. The Hall–Kier alpha value is -2.49. The number of nitrogens with zero attached hydrogens (tertiary/aromatic N) is 2. The first kappa shape index (κ1) is 13.5. The second-order valence-electron chi connectivity index (χ2n) is 5.31. The van der Waals surface area contributed by atoms with Gasteiger partial charge in [-0.1, -0.05) is 36.9 Å². The molecule has 0 spiro atoms. The highest BCUT2D eigenvalue weighted by atomic mass is 16.1. The van der Waals surface area contributed by atoms with Crippen molar-refractivity contribution in [1.29, 1.82) is 0 Å². The summed E-state index contributed by atoms with van der Waals surface area (Å²) in [6, 6.07) is 10.5. The first-order chi connectivity index (χ1) is 10.2. The SMILES string of the molecule is C=C1NC(c2ccccc2)=C(C)N1C1C=CN(C=O)CC1. The minimum atomic E-state index is 0.238. The van der Waals surface area contributed by atoms with Crippen molar-refractivity contribution in [2.45, 2.75) is 19.4 Å².